The minimum Gasteiger partial charge on any atom is -0.463 e. The van der Waals surface area contributed by atoms with Crippen molar-refractivity contribution in [2.75, 3.05) is 0 Å². The van der Waals surface area contributed by atoms with Gasteiger partial charge < -0.3 is 5.11 Å². The van der Waals surface area contributed by atoms with Crippen molar-refractivity contribution in [1.82, 2.24) is 14.8 Å². The van der Waals surface area contributed by atoms with E-state index >= 15 is 0 Å². The maximum Gasteiger partial charge on any atom is 0.432 e. The van der Waals surface area contributed by atoms with Crippen molar-refractivity contribution in [3.05, 3.63) is 35.1 Å². The first-order chi connectivity index (χ1) is 7.58. The van der Waals surface area contributed by atoms with Gasteiger partial charge in [0, 0.05) is 11.9 Å². The van der Waals surface area contributed by atoms with Gasteiger partial charge in [-0.05, 0) is 25.1 Å². The molecule has 2 heterocycles. The molecule has 1 N–H and O–H groups in total. The van der Waals surface area contributed by atoms with Gasteiger partial charge in [-0.15, -0.1) is 0 Å². The molecule has 0 saturated carbocycles. The largest absolute Gasteiger partial charge is 0.463 e. The molecule has 16 heavy (non-hydrogen) atoms. The second kappa shape index (κ2) is 3.94. The van der Waals surface area contributed by atoms with Crippen molar-refractivity contribution in [2.24, 2.45) is 0 Å². The zero-order chi connectivity index (χ0) is 11.7. The third kappa shape index (κ3) is 1.90. The molecule has 6 heteroatoms. The van der Waals surface area contributed by atoms with Gasteiger partial charge in [0.1, 0.15) is 5.69 Å². The van der Waals surface area contributed by atoms with Gasteiger partial charge >= 0.3 is 6.09 Å². The van der Waals surface area contributed by atoms with E-state index in [2.05, 4.69) is 10.1 Å². The van der Waals surface area contributed by atoms with E-state index in [4.69, 9.17) is 16.7 Å². The maximum absolute atomic E-state index is 10.8. The standard InChI is InChI=1S/C10H8ClN3O2/c1-6-4-9(13-14(6)10(15)16)8-3-2-7(11)5-12-8/h2-5H,1H3,(H,15,16). The van der Waals surface area contributed by atoms with Gasteiger partial charge in [-0.3, -0.25) is 4.98 Å². The van der Waals surface area contributed by atoms with E-state index < -0.39 is 6.09 Å². The molecule has 0 radical (unpaired) electrons. The van der Waals surface area contributed by atoms with Crippen molar-refractivity contribution >= 4 is 17.7 Å². The summed E-state index contributed by atoms with van der Waals surface area (Å²) in [6, 6.07) is 5.03. The SMILES string of the molecule is Cc1cc(-c2ccc(Cl)cn2)nn1C(=O)O. The van der Waals surface area contributed by atoms with Crippen LogP contribution < -0.4 is 0 Å². The molecule has 0 fully saturated rings. The predicted molar refractivity (Wildman–Crippen MR) is 58.6 cm³/mol. The summed E-state index contributed by atoms with van der Waals surface area (Å²) in [4.78, 5) is 14.8. The second-order valence-electron chi connectivity index (χ2n) is 3.23. The molecular weight excluding hydrogens is 230 g/mol. The first-order valence-electron chi connectivity index (χ1n) is 4.50. The van der Waals surface area contributed by atoms with Crippen molar-refractivity contribution in [3.63, 3.8) is 0 Å². The number of carbonyl (C=O) groups is 1. The number of pyridine rings is 1. The van der Waals surface area contributed by atoms with Crippen LogP contribution in [0.1, 0.15) is 5.69 Å². The number of halogens is 1. The van der Waals surface area contributed by atoms with E-state index in [0.717, 1.165) is 4.68 Å². The molecule has 0 aliphatic carbocycles. The number of aromatic nitrogens is 3. The number of rotatable bonds is 1. The van der Waals surface area contributed by atoms with Crippen molar-refractivity contribution < 1.29 is 9.90 Å². The molecule has 5 nitrogen and oxygen atoms in total. The van der Waals surface area contributed by atoms with Gasteiger partial charge in [0.2, 0.25) is 0 Å². The molecule has 0 aliphatic heterocycles. The average Bonchev–Trinajstić information content (AvgIpc) is 2.61. The molecule has 0 spiro atoms. The van der Waals surface area contributed by atoms with Crippen molar-refractivity contribution in [1.29, 1.82) is 0 Å². The lowest BCUT2D eigenvalue weighted by Gasteiger charge is -1.95. The Labute approximate surface area is 96.3 Å². The van der Waals surface area contributed by atoms with Crippen LogP contribution in [0.2, 0.25) is 5.02 Å². The minimum atomic E-state index is -1.11. The van der Waals surface area contributed by atoms with Crippen LogP contribution >= 0.6 is 11.6 Å². The number of aryl methyl sites for hydroxylation is 1. The Kier molecular flexibility index (Phi) is 2.62. The summed E-state index contributed by atoms with van der Waals surface area (Å²) in [7, 11) is 0. The molecule has 0 aliphatic rings. The first kappa shape index (κ1) is 10.6. The van der Waals surface area contributed by atoms with Gasteiger partial charge in [0.05, 0.1) is 10.7 Å². The number of nitrogens with zero attached hydrogens (tertiary/aromatic N) is 3. The third-order valence-electron chi connectivity index (χ3n) is 2.06. The Balaban J connectivity index is 2.45. The smallest absolute Gasteiger partial charge is 0.432 e. The Morgan fingerprint density at radius 3 is 2.69 bits per heavy atom. The lowest BCUT2D eigenvalue weighted by atomic mass is 10.2. The fraction of sp³-hybridized carbons (Fsp3) is 0.100. The summed E-state index contributed by atoms with van der Waals surface area (Å²) >= 11 is 5.70. The Morgan fingerprint density at radius 1 is 1.44 bits per heavy atom. The summed E-state index contributed by atoms with van der Waals surface area (Å²) in [5.74, 6) is 0. The van der Waals surface area contributed by atoms with Crippen LogP contribution in [-0.2, 0) is 0 Å². The number of hydrogen-bond acceptors (Lipinski definition) is 3. The lowest BCUT2D eigenvalue weighted by Crippen LogP contribution is -2.11. The molecule has 2 rings (SSSR count). The van der Waals surface area contributed by atoms with Crippen LogP contribution in [0.5, 0.6) is 0 Å². The first-order valence-corrected chi connectivity index (χ1v) is 4.87. The lowest BCUT2D eigenvalue weighted by molar-refractivity contribution is 0.192. The normalized spacial score (nSPS) is 10.4. The molecular formula is C10H8ClN3O2. The predicted octanol–water partition coefficient (Wildman–Crippen LogP) is 2.43. The van der Waals surface area contributed by atoms with Gasteiger partial charge in [-0.2, -0.15) is 9.78 Å². The molecule has 0 aromatic carbocycles. The van der Waals surface area contributed by atoms with Gasteiger partial charge in [0.15, 0.2) is 0 Å². The topological polar surface area (TPSA) is 68.0 Å². The summed E-state index contributed by atoms with van der Waals surface area (Å²) in [6.07, 6.45) is 0.379. The molecule has 0 bridgehead atoms. The van der Waals surface area contributed by atoms with Gasteiger partial charge in [-0.1, -0.05) is 11.6 Å². The quantitative estimate of drug-likeness (QED) is 0.827. The average molecular weight is 238 g/mol. The zero-order valence-electron chi connectivity index (χ0n) is 8.38. The van der Waals surface area contributed by atoms with Crippen LogP contribution in [0, 0.1) is 6.92 Å². The van der Waals surface area contributed by atoms with Crippen LogP contribution in [0.15, 0.2) is 24.4 Å². The minimum absolute atomic E-state index is 0.511. The molecule has 0 atom stereocenters. The van der Waals surface area contributed by atoms with Crippen molar-refractivity contribution in [3.8, 4) is 11.4 Å². The Morgan fingerprint density at radius 2 is 2.19 bits per heavy atom. The van der Waals surface area contributed by atoms with Gasteiger partial charge in [0.25, 0.3) is 0 Å². The molecule has 0 unspecified atom stereocenters. The van der Waals surface area contributed by atoms with E-state index in [0.29, 0.717) is 22.1 Å². The highest BCUT2D eigenvalue weighted by Crippen LogP contribution is 2.18. The molecule has 0 amide bonds. The molecule has 2 aromatic rings. The van der Waals surface area contributed by atoms with E-state index in [1.165, 1.54) is 6.20 Å². The Bertz CT molecular complexity index is 533. The van der Waals surface area contributed by atoms with E-state index in [1.54, 1.807) is 25.1 Å². The van der Waals surface area contributed by atoms with Crippen LogP contribution in [-0.4, -0.2) is 26.0 Å². The summed E-state index contributed by atoms with van der Waals surface area (Å²) in [5.41, 5.74) is 1.64. The Hall–Kier alpha value is -1.88. The highest BCUT2D eigenvalue weighted by atomic mass is 35.5. The van der Waals surface area contributed by atoms with Crippen molar-refractivity contribution in [2.45, 2.75) is 6.92 Å². The van der Waals surface area contributed by atoms with Crippen LogP contribution in [0.3, 0.4) is 0 Å². The summed E-state index contributed by atoms with van der Waals surface area (Å²) in [6.45, 7) is 1.67. The second-order valence-corrected chi connectivity index (χ2v) is 3.66. The highest BCUT2D eigenvalue weighted by Gasteiger charge is 2.11. The number of hydrogen-bond donors (Lipinski definition) is 1. The van der Waals surface area contributed by atoms with Gasteiger partial charge in [-0.25, -0.2) is 4.79 Å². The molecule has 0 saturated heterocycles. The maximum atomic E-state index is 10.8. The number of carboxylic acid groups (broad SMARTS) is 1. The molecule has 2 aromatic heterocycles. The van der Waals surface area contributed by atoms with E-state index in [-0.39, 0.29) is 0 Å². The summed E-state index contributed by atoms with van der Waals surface area (Å²) < 4.78 is 0.908. The van der Waals surface area contributed by atoms with E-state index in [9.17, 15) is 4.79 Å². The highest BCUT2D eigenvalue weighted by molar-refractivity contribution is 6.30. The molecule has 82 valence electrons. The van der Waals surface area contributed by atoms with Crippen LogP contribution in [0.4, 0.5) is 4.79 Å². The zero-order valence-corrected chi connectivity index (χ0v) is 9.14. The van der Waals surface area contributed by atoms with Crippen LogP contribution in [0.25, 0.3) is 11.4 Å². The summed E-state index contributed by atoms with van der Waals surface area (Å²) in [5, 5.41) is 13.3. The third-order valence-corrected chi connectivity index (χ3v) is 2.28. The fourth-order valence-electron chi connectivity index (χ4n) is 1.32. The monoisotopic (exact) mass is 237 g/mol. The fourth-order valence-corrected chi connectivity index (χ4v) is 1.43. The van der Waals surface area contributed by atoms with E-state index in [1.807, 2.05) is 0 Å².